The smallest absolute Gasteiger partial charge is 0.265 e. The number of aromatic nitrogens is 5. The van der Waals surface area contributed by atoms with Crippen LogP contribution >= 0.6 is 11.3 Å². The SMILES string of the molecule is Cc1nn(C)c2ncc(NC(=O)c3cc4c(C)nn(C)c4s3)cc12. The Balaban J connectivity index is 1.67. The minimum absolute atomic E-state index is 0.140. The van der Waals surface area contributed by atoms with E-state index in [2.05, 4.69) is 20.5 Å². The number of pyridine rings is 1. The summed E-state index contributed by atoms with van der Waals surface area (Å²) >= 11 is 1.43. The van der Waals surface area contributed by atoms with Crippen molar-refractivity contribution in [3.05, 3.63) is 34.6 Å². The van der Waals surface area contributed by atoms with Crippen LogP contribution in [-0.4, -0.2) is 30.5 Å². The molecule has 4 aromatic rings. The Morgan fingerprint density at radius 3 is 2.54 bits per heavy atom. The van der Waals surface area contributed by atoms with E-state index in [1.807, 2.05) is 40.1 Å². The number of rotatable bonds is 2. The molecule has 1 amide bonds. The molecule has 0 atom stereocenters. The van der Waals surface area contributed by atoms with Crippen LogP contribution in [0.3, 0.4) is 0 Å². The molecule has 0 aliphatic heterocycles. The van der Waals surface area contributed by atoms with E-state index in [-0.39, 0.29) is 5.91 Å². The first-order valence-electron chi connectivity index (χ1n) is 7.48. The average molecular weight is 340 g/mol. The number of nitrogens with zero attached hydrogens (tertiary/aromatic N) is 5. The number of carbonyl (C=O) groups is 1. The molecule has 8 heteroatoms. The minimum Gasteiger partial charge on any atom is -0.320 e. The van der Waals surface area contributed by atoms with Crippen molar-refractivity contribution >= 4 is 44.2 Å². The highest BCUT2D eigenvalue weighted by Gasteiger charge is 2.16. The highest BCUT2D eigenvalue weighted by Crippen LogP contribution is 2.28. The van der Waals surface area contributed by atoms with E-state index in [1.165, 1.54) is 11.3 Å². The number of anilines is 1. The lowest BCUT2D eigenvalue weighted by atomic mass is 10.2. The van der Waals surface area contributed by atoms with Crippen molar-refractivity contribution in [1.82, 2.24) is 24.5 Å². The molecule has 1 N–H and O–H groups in total. The minimum atomic E-state index is -0.140. The molecule has 0 aliphatic carbocycles. The van der Waals surface area contributed by atoms with E-state index in [4.69, 9.17) is 0 Å². The van der Waals surface area contributed by atoms with E-state index in [1.54, 1.807) is 15.6 Å². The van der Waals surface area contributed by atoms with Crippen molar-refractivity contribution in [2.75, 3.05) is 5.32 Å². The Bertz CT molecular complexity index is 1070. The average Bonchev–Trinajstić information content (AvgIpc) is 3.17. The van der Waals surface area contributed by atoms with Crippen LogP contribution in [0.15, 0.2) is 18.3 Å². The molecule has 0 saturated carbocycles. The number of fused-ring (bicyclic) bond motifs is 2. The number of carbonyl (C=O) groups excluding carboxylic acids is 1. The molecule has 0 saturated heterocycles. The molecule has 4 rings (SSSR count). The van der Waals surface area contributed by atoms with Gasteiger partial charge < -0.3 is 5.32 Å². The lowest BCUT2D eigenvalue weighted by Gasteiger charge is -2.03. The van der Waals surface area contributed by atoms with Crippen molar-refractivity contribution in [1.29, 1.82) is 0 Å². The number of aryl methyl sites for hydroxylation is 4. The van der Waals surface area contributed by atoms with Crippen molar-refractivity contribution in [3.63, 3.8) is 0 Å². The standard InChI is InChI=1S/C16H16N6OS/c1-8-11-5-10(7-17-14(11)21(3)19-8)18-15(23)13-6-12-9(2)20-22(4)16(12)24-13/h5-7H,1-4H3,(H,18,23). The second kappa shape index (κ2) is 5.13. The van der Waals surface area contributed by atoms with Crippen LogP contribution in [0.1, 0.15) is 21.1 Å². The van der Waals surface area contributed by atoms with Crippen molar-refractivity contribution in [2.45, 2.75) is 13.8 Å². The van der Waals surface area contributed by atoms with Crippen LogP contribution in [0.4, 0.5) is 5.69 Å². The van der Waals surface area contributed by atoms with Crippen LogP contribution in [0, 0.1) is 13.8 Å². The van der Waals surface area contributed by atoms with Gasteiger partial charge in [0.15, 0.2) is 5.65 Å². The summed E-state index contributed by atoms with van der Waals surface area (Å²) in [6, 6.07) is 3.79. The Hall–Kier alpha value is -2.74. The Morgan fingerprint density at radius 2 is 1.79 bits per heavy atom. The topological polar surface area (TPSA) is 77.6 Å². The highest BCUT2D eigenvalue weighted by molar-refractivity contribution is 7.20. The molecule has 7 nitrogen and oxygen atoms in total. The van der Waals surface area contributed by atoms with E-state index in [0.29, 0.717) is 10.6 Å². The molecule has 122 valence electrons. The lowest BCUT2D eigenvalue weighted by molar-refractivity contribution is 0.103. The van der Waals surface area contributed by atoms with Gasteiger partial charge in [-0.1, -0.05) is 0 Å². The summed E-state index contributed by atoms with van der Waals surface area (Å²) < 4.78 is 3.54. The van der Waals surface area contributed by atoms with E-state index in [0.717, 1.165) is 32.6 Å². The van der Waals surface area contributed by atoms with Crippen LogP contribution in [0.5, 0.6) is 0 Å². The lowest BCUT2D eigenvalue weighted by Crippen LogP contribution is -2.10. The molecular weight excluding hydrogens is 324 g/mol. The summed E-state index contributed by atoms with van der Waals surface area (Å²) in [6.45, 7) is 3.87. The second-order valence-electron chi connectivity index (χ2n) is 5.80. The van der Waals surface area contributed by atoms with Gasteiger partial charge >= 0.3 is 0 Å². The van der Waals surface area contributed by atoms with Crippen LogP contribution < -0.4 is 5.32 Å². The van der Waals surface area contributed by atoms with Crippen molar-refractivity contribution < 1.29 is 4.79 Å². The van der Waals surface area contributed by atoms with Crippen LogP contribution in [0.25, 0.3) is 21.3 Å². The Morgan fingerprint density at radius 1 is 1.08 bits per heavy atom. The number of hydrogen-bond donors (Lipinski definition) is 1. The maximum absolute atomic E-state index is 12.6. The van der Waals surface area contributed by atoms with Crippen LogP contribution in [-0.2, 0) is 14.1 Å². The van der Waals surface area contributed by atoms with E-state index < -0.39 is 0 Å². The third kappa shape index (κ3) is 2.18. The highest BCUT2D eigenvalue weighted by atomic mass is 32.1. The fourth-order valence-electron chi connectivity index (χ4n) is 2.89. The monoisotopic (exact) mass is 340 g/mol. The summed E-state index contributed by atoms with van der Waals surface area (Å²) in [5.74, 6) is -0.140. The first-order chi connectivity index (χ1) is 11.4. The molecular formula is C16H16N6OS. The predicted molar refractivity (Wildman–Crippen MR) is 94.5 cm³/mol. The van der Waals surface area contributed by atoms with Gasteiger partial charge in [0, 0.05) is 24.9 Å². The van der Waals surface area contributed by atoms with Crippen LogP contribution in [0.2, 0.25) is 0 Å². The largest absolute Gasteiger partial charge is 0.320 e. The predicted octanol–water partition coefficient (Wildman–Crippen LogP) is 2.79. The van der Waals surface area contributed by atoms with Gasteiger partial charge in [0.25, 0.3) is 5.91 Å². The molecule has 4 aromatic heterocycles. The molecule has 0 fully saturated rings. The van der Waals surface area contributed by atoms with Gasteiger partial charge in [0.2, 0.25) is 0 Å². The zero-order valence-electron chi connectivity index (χ0n) is 13.8. The molecule has 0 aliphatic rings. The molecule has 0 bridgehead atoms. The summed E-state index contributed by atoms with van der Waals surface area (Å²) in [7, 11) is 3.74. The third-order valence-electron chi connectivity index (χ3n) is 4.04. The van der Waals surface area contributed by atoms with Gasteiger partial charge in [0.05, 0.1) is 28.1 Å². The first-order valence-corrected chi connectivity index (χ1v) is 8.29. The van der Waals surface area contributed by atoms with Crippen molar-refractivity contribution in [3.8, 4) is 0 Å². The Labute approximate surface area is 141 Å². The zero-order chi connectivity index (χ0) is 17.0. The summed E-state index contributed by atoms with van der Waals surface area (Å²) in [4.78, 5) is 18.6. The van der Waals surface area contributed by atoms with Gasteiger partial charge in [-0.25, -0.2) is 4.98 Å². The summed E-state index contributed by atoms with van der Waals surface area (Å²) in [5.41, 5.74) is 3.28. The Kier molecular flexibility index (Phi) is 3.17. The summed E-state index contributed by atoms with van der Waals surface area (Å²) in [6.07, 6.45) is 1.65. The zero-order valence-corrected chi connectivity index (χ0v) is 14.6. The van der Waals surface area contributed by atoms with E-state index >= 15 is 0 Å². The fraction of sp³-hybridized carbons (Fsp3) is 0.250. The quantitative estimate of drug-likeness (QED) is 0.609. The number of amides is 1. The summed E-state index contributed by atoms with van der Waals surface area (Å²) in [5, 5.41) is 13.6. The van der Waals surface area contributed by atoms with Gasteiger partial charge in [-0.15, -0.1) is 11.3 Å². The van der Waals surface area contributed by atoms with Gasteiger partial charge in [-0.05, 0) is 26.0 Å². The number of nitrogens with one attached hydrogen (secondary N) is 1. The molecule has 0 aromatic carbocycles. The second-order valence-corrected chi connectivity index (χ2v) is 6.83. The number of hydrogen-bond acceptors (Lipinski definition) is 5. The molecule has 24 heavy (non-hydrogen) atoms. The van der Waals surface area contributed by atoms with Crippen molar-refractivity contribution in [2.24, 2.45) is 14.1 Å². The van der Waals surface area contributed by atoms with Gasteiger partial charge in [-0.2, -0.15) is 10.2 Å². The number of thiophene rings is 1. The molecule has 0 unspecified atom stereocenters. The fourth-order valence-corrected chi connectivity index (χ4v) is 3.90. The third-order valence-corrected chi connectivity index (χ3v) is 5.24. The van der Waals surface area contributed by atoms with Gasteiger partial charge in [-0.3, -0.25) is 14.2 Å². The van der Waals surface area contributed by atoms with Gasteiger partial charge in [0.1, 0.15) is 4.83 Å². The molecule has 0 radical (unpaired) electrons. The van der Waals surface area contributed by atoms with E-state index in [9.17, 15) is 4.79 Å². The normalized spacial score (nSPS) is 11.5. The molecule has 4 heterocycles. The molecule has 0 spiro atoms. The maximum Gasteiger partial charge on any atom is 0.265 e. The maximum atomic E-state index is 12.6. The first kappa shape index (κ1) is 14.8.